The summed E-state index contributed by atoms with van der Waals surface area (Å²) in [6, 6.07) is 17.7. The fourth-order valence-corrected chi connectivity index (χ4v) is 4.90. The first kappa shape index (κ1) is 25.4. The van der Waals surface area contributed by atoms with Crippen molar-refractivity contribution in [3.63, 3.8) is 0 Å². The van der Waals surface area contributed by atoms with Crippen molar-refractivity contribution in [1.29, 1.82) is 0 Å². The van der Waals surface area contributed by atoms with Crippen LogP contribution in [0.5, 0.6) is 17.2 Å². The van der Waals surface area contributed by atoms with Crippen molar-refractivity contribution in [3.8, 4) is 17.2 Å². The number of aliphatic hydroxyl groups excluding tert-OH is 1. The summed E-state index contributed by atoms with van der Waals surface area (Å²) in [6.07, 6.45) is 0. The first-order valence-corrected chi connectivity index (χ1v) is 13.0. The molecule has 0 saturated carbocycles. The van der Waals surface area contributed by atoms with Gasteiger partial charge in [0.05, 0.1) is 18.8 Å². The lowest BCUT2D eigenvalue weighted by Crippen LogP contribution is -2.30. The number of amides is 1. The van der Waals surface area contributed by atoms with Crippen molar-refractivity contribution < 1.29 is 24.1 Å². The normalized spacial score (nSPS) is 12.0. The maximum atomic E-state index is 13.6. The molecule has 1 aromatic heterocycles. The topological polar surface area (TPSA) is 81.1 Å². The van der Waals surface area contributed by atoms with E-state index in [1.165, 1.54) is 11.3 Å². The van der Waals surface area contributed by atoms with Crippen LogP contribution in [-0.2, 0) is 26.3 Å². The molecule has 0 fully saturated rings. The summed E-state index contributed by atoms with van der Waals surface area (Å²) in [4.78, 5) is 19.7. The Kier molecular flexibility index (Phi) is 7.81. The highest BCUT2D eigenvalue weighted by Gasteiger charge is 2.21. The molecule has 0 spiro atoms. The van der Waals surface area contributed by atoms with Crippen molar-refractivity contribution in [2.45, 2.75) is 26.3 Å². The molecule has 2 heterocycles. The van der Waals surface area contributed by atoms with Gasteiger partial charge in [-0.15, -0.1) is 11.3 Å². The minimum absolute atomic E-state index is 0.121. The highest BCUT2D eigenvalue weighted by Crippen LogP contribution is 2.33. The van der Waals surface area contributed by atoms with Crippen LogP contribution in [0.4, 0.5) is 0 Å². The number of hydrogen-bond donors (Lipinski definition) is 1. The van der Waals surface area contributed by atoms with Crippen LogP contribution in [0, 0.1) is 0 Å². The zero-order valence-electron chi connectivity index (χ0n) is 19.5. The van der Waals surface area contributed by atoms with E-state index in [9.17, 15) is 9.90 Å². The van der Waals surface area contributed by atoms with Crippen LogP contribution in [-0.4, -0.2) is 27.7 Å². The van der Waals surface area contributed by atoms with Gasteiger partial charge in [0.15, 0.2) is 11.5 Å². The van der Waals surface area contributed by atoms with Crippen LogP contribution in [0.25, 0.3) is 0 Å². The Labute approximate surface area is 227 Å². The molecule has 0 bridgehead atoms. The Morgan fingerprint density at radius 1 is 1.00 bits per heavy atom. The van der Waals surface area contributed by atoms with Crippen molar-refractivity contribution in [3.05, 3.63) is 103 Å². The fraction of sp³-hybridized carbons (Fsp3) is 0.185. The smallest absolute Gasteiger partial charge is 0.254 e. The highest BCUT2D eigenvalue weighted by atomic mass is 35.5. The third-order valence-corrected chi connectivity index (χ3v) is 7.04. The monoisotopic (exact) mass is 556 g/mol. The SMILES string of the molecule is O=C(c1ccc(Cl)cc1)N(Cc1ccc2c(c1)OCO2)Cc1cc(Cl)ccc1OCc1nc(CO)cs1. The van der Waals surface area contributed by atoms with E-state index in [1.54, 1.807) is 52.7 Å². The van der Waals surface area contributed by atoms with Crippen molar-refractivity contribution in [1.82, 2.24) is 9.88 Å². The van der Waals surface area contributed by atoms with E-state index in [-0.39, 0.29) is 32.5 Å². The van der Waals surface area contributed by atoms with Gasteiger partial charge in [-0.25, -0.2) is 4.98 Å². The Morgan fingerprint density at radius 2 is 1.78 bits per heavy atom. The molecule has 5 rings (SSSR count). The highest BCUT2D eigenvalue weighted by molar-refractivity contribution is 7.09. The number of hydrogen-bond acceptors (Lipinski definition) is 7. The first-order valence-electron chi connectivity index (χ1n) is 11.4. The molecule has 1 aliphatic rings. The quantitative estimate of drug-likeness (QED) is 0.268. The van der Waals surface area contributed by atoms with E-state index in [1.807, 2.05) is 18.2 Å². The molecule has 1 aliphatic heterocycles. The third-order valence-electron chi connectivity index (χ3n) is 5.68. The van der Waals surface area contributed by atoms with Gasteiger partial charge in [0, 0.05) is 33.1 Å². The van der Waals surface area contributed by atoms with E-state index in [2.05, 4.69) is 4.98 Å². The van der Waals surface area contributed by atoms with Crippen molar-refractivity contribution in [2.75, 3.05) is 6.79 Å². The van der Waals surface area contributed by atoms with E-state index in [0.29, 0.717) is 45.1 Å². The van der Waals surface area contributed by atoms with Gasteiger partial charge >= 0.3 is 0 Å². The minimum Gasteiger partial charge on any atom is -0.486 e. The molecule has 7 nitrogen and oxygen atoms in total. The van der Waals surface area contributed by atoms with Gasteiger partial charge in [0.2, 0.25) is 6.79 Å². The number of benzene rings is 3. The number of thiazole rings is 1. The van der Waals surface area contributed by atoms with Crippen molar-refractivity contribution in [2.24, 2.45) is 0 Å². The number of aromatic nitrogens is 1. The van der Waals surface area contributed by atoms with Gasteiger partial charge in [0.25, 0.3) is 5.91 Å². The van der Waals surface area contributed by atoms with Crippen LogP contribution in [0.2, 0.25) is 10.0 Å². The van der Waals surface area contributed by atoms with Crippen LogP contribution in [0.3, 0.4) is 0 Å². The molecule has 0 unspecified atom stereocenters. The zero-order chi connectivity index (χ0) is 25.8. The van der Waals surface area contributed by atoms with Crippen LogP contribution in [0.15, 0.2) is 66.0 Å². The second kappa shape index (κ2) is 11.4. The summed E-state index contributed by atoms with van der Waals surface area (Å²) in [5, 5.41) is 12.9. The molecule has 190 valence electrons. The standard InChI is InChI=1S/C27H22Cl2N2O5S/c28-20-4-2-18(3-5-20)27(33)31(11-17-1-7-24-25(9-17)36-16-35-24)12-19-10-21(29)6-8-23(19)34-14-26-30-22(13-32)15-37-26/h1-10,15,32H,11-14,16H2. The summed E-state index contributed by atoms with van der Waals surface area (Å²) in [5.41, 5.74) is 2.74. The molecular formula is C27H22Cl2N2O5S. The van der Waals surface area contributed by atoms with Gasteiger partial charge in [-0.1, -0.05) is 29.3 Å². The summed E-state index contributed by atoms with van der Waals surface area (Å²) < 4.78 is 17.0. The number of rotatable bonds is 9. The van der Waals surface area contributed by atoms with Gasteiger partial charge in [-0.2, -0.15) is 0 Å². The van der Waals surface area contributed by atoms with E-state index in [4.69, 9.17) is 37.4 Å². The maximum Gasteiger partial charge on any atom is 0.254 e. The molecule has 37 heavy (non-hydrogen) atoms. The van der Waals surface area contributed by atoms with Gasteiger partial charge in [-0.05, 0) is 60.2 Å². The number of nitrogens with zero attached hydrogens (tertiary/aromatic N) is 2. The van der Waals surface area contributed by atoms with E-state index < -0.39 is 0 Å². The Hall–Kier alpha value is -3.30. The maximum absolute atomic E-state index is 13.6. The average Bonchev–Trinajstić information content (AvgIpc) is 3.57. The number of carbonyl (C=O) groups excluding carboxylic acids is 1. The molecule has 4 aromatic rings. The Morgan fingerprint density at radius 3 is 2.57 bits per heavy atom. The number of halogens is 2. The van der Waals surface area contributed by atoms with Crippen LogP contribution >= 0.6 is 34.5 Å². The Bertz CT molecular complexity index is 1410. The average molecular weight is 557 g/mol. The van der Waals surface area contributed by atoms with Crippen LogP contribution < -0.4 is 14.2 Å². The van der Waals surface area contributed by atoms with E-state index in [0.717, 1.165) is 16.1 Å². The van der Waals surface area contributed by atoms with Gasteiger partial charge in [0.1, 0.15) is 17.4 Å². The third kappa shape index (κ3) is 6.17. The summed E-state index contributed by atoms with van der Waals surface area (Å²) in [5.74, 6) is 1.74. The Balaban J connectivity index is 1.42. The number of ether oxygens (including phenoxy) is 3. The lowest BCUT2D eigenvalue weighted by atomic mass is 10.1. The van der Waals surface area contributed by atoms with Crippen molar-refractivity contribution >= 4 is 40.4 Å². The lowest BCUT2D eigenvalue weighted by molar-refractivity contribution is 0.0728. The second-order valence-corrected chi connectivity index (χ2v) is 10.1. The second-order valence-electron chi connectivity index (χ2n) is 8.29. The fourth-order valence-electron chi connectivity index (χ4n) is 3.88. The zero-order valence-corrected chi connectivity index (χ0v) is 21.9. The molecule has 3 aromatic carbocycles. The van der Waals surface area contributed by atoms with Gasteiger partial charge in [-0.3, -0.25) is 4.79 Å². The minimum atomic E-state index is -0.173. The summed E-state index contributed by atoms with van der Waals surface area (Å²) in [7, 11) is 0. The summed E-state index contributed by atoms with van der Waals surface area (Å²) in [6.45, 7) is 0.840. The molecule has 1 N–H and O–H groups in total. The molecule has 10 heteroatoms. The summed E-state index contributed by atoms with van der Waals surface area (Å²) >= 11 is 13.8. The molecule has 0 radical (unpaired) electrons. The van der Waals surface area contributed by atoms with Crippen LogP contribution in [0.1, 0.15) is 32.2 Å². The number of fused-ring (bicyclic) bond motifs is 1. The van der Waals surface area contributed by atoms with E-state index >= 15 is 0 Å². The predicted molar refractivity (Wildman–Crippen MR) is 141 cm³/mol. The molecule has 0 aliphatic carbocycles. The number of carbonyl (C=O) groups is 1. The molecule has 1 amide bonds. The van der Waals surface area contributed by atoms with Gasteiger partial charge < -0.3 is 24.2 Å². The first-order chi connectivity index (χ1) is 18.0. The molecular weight excluding hydrogens is 535 g/mol. The molecule has 0 atom stereocenters. The molecule has 0 saturated heterocycles. The number of aliphatic hydroxyl groups is 1. The predicted octanol–water partition coefficient (Wildman–Crippen LogP) is 6.09. The lowest BCUT2D eigenvalue weighted by Gasteiger charge is -2.25. The largest absolute Gasteiger partial charge is 0.486 e.